The van der Waals surface area contributed by atoms with Gasteiger partial charge in [-0.1, -0.05) is 19.3 Å². The molecule has 3 nitrogen and oxygen atoms in total. The number of anilines is 1. The number of hydrogen-bond donors (Lipinski definition) is 2. The third kappa shape index (κ3) is 5.13. The Labute approximate surface area is 149 Å². The summed E-state index contributed by atoms with van der Waals surface area (Å²) in [6, 6.07) is 6.46. The number of thioether (sulfide) groups is 1. The van der Waals surface area contributed by atoms with Crippen molar-refractivity contribution < 1.29 is 4.79 Å². The van der Waals surface area contributed by atoms with E-state index >= 15 is 0 Å². The van der Waals surface area contributed by atoms with E-state index in [2.05, 4.69) is 35.8 Å². The molecule has 1 amide bonds. The van der Waals surface area contributed by atoms with Gasteiger partial charge in [0.05, 0.1) is 5.92 Å². The monoisotopic (exact) mass is 354 g/mol. The molecule has 1 unspecified atom stereocenters. The Morgan fingerprint density at radius 2 is 2.00 bits per heavy atom. The number of hydrogen-bond acceptors (Lipinski definition) is 3. The fraction of sp³-hybridized carbons (Fsp3) is 0.611. The Hall–Kier alpha value is -0.710. The van der Waals surface area contributed by atoms with Crippen LogP contribution in [-0.4, -0.2) is 24.2 Å². The van der Waals surface area contributed by atoms with Gasteiger partial charge >= 0.3 is 0 Å². The molecule has 1 heterocycles. The second kappa shape index (κ2) is 8.95. The smallest absolute Gasteiger partial charge is 0.228 e. The van der Waals surface area contributed by atoms with Crippen molar-refractivity contribution in [3.63, 3.8) is 0 Å². The van der Waals surface area contributed by atoms with E-state index in [4.69, 9.17) is 0 Å². The van der Waals surface area contributed by atoms with Crippen LogP contribution in [0.1, 0.15) is 44.1 Å². The minimum absolute atomic E-state index is 0. The molecule has 5 heteroatoms. The van der Waals surface area contributed by atoms with Gasteiger partial charge < -0.3 is 10.6 Å². The van der Waals surface area contributed by atoms with Gasteiger partial charge in [0.2, 0.25) is 5.91 Å². The molecule has 1 aromatic carbocycles. The predicted octanol–water partition coefficient (Wildman–Crippen LogP) is 4.39. The Bertz CT molecular complexity index is 526. The molecule has 1 saturated heterocycles. The van der Waals surface area contributed by atoms with Crippen molar-refractivity contribution in [1.82, 2.24) is 5.32 Å². The summed E-state index contributed by atoms with van der Waals surface area (Å²) >= 11 is 2.01. The first-order valence-electron chi connectivity index (χ1n) is 8.51. The van der Waals surface area contributed by atoms with Gasteiger partial charge in [-0.25, -0.2) is 0 Å². The number of halogens is 1. The summed E-state index contributed by atoms with van der Waals surface area (Å²) < 4.78 is 0. The maximum Gasteiger partial charge on any atom is 0.228 e. The van der Waals surface area contributed by atoms with Gasteiger partial charge in [0.25, 0.3) is 0 Å². The molecule has 1 atom stereocenters. The van der Waals surface area contributed by atoms with Crippen molar-refractivity contribution in [2.45, 2.75) is 55.6 Å². The van der Waals surface area contributed by atoms with Gasteiger partial charge in [0.15, 0.2) is 0 Å². The average molecular weight is 355 g/mol. The van der Waals surface area contributed by atoms with E-state index in [1.54, 1.807) is 0 Å². The van der Waals surface area contributed by atoms with E-state index < -0.39 is 0 Å². The molecule has 0 spiro atoms. The molecular formula is C18H27ClN2OS. The topological polar surface area (TPSA) is 41.1 Å². The highest BCUT2D eigenvalue weighted by atomic mass is 35.5. The third-order valence-corrected chi connectivity index (χ3v) is 6.07. The SMILES string of the molecule is Cc1cc(SC2CCCCC2)ccc1NC(=O)C1CCNC1.Cl. The molecule has 23 heavy (non-hydrogen) atoms. The average Bonchev–Trinajstić information content (AvgIpc) is 3.05. The zero-order chi connectivity index (χ0) is 15.4. The highest BCUT2D eigenvalue weighted by Gasteiger charge is 2.22. The minimum Gasteiger partial charge on any atom is -0.326 e. The number of benzene rings is 1. The zero-order valence-electron chi connectivity index (χ0n) is 13.8. The fourth-order valence-electron chi connectivity index (χ4n) is 3.34. The number of amides is 1. The molecule has 2 aliphatic rings. The van der Waals surface area contributed by atoms with Crippen molar-refractivity contribution >= 4 is 35.8 Å². The van der Waals surface area contributed by atoms with E-state index in [9.17, 15) is 4.79 Å². The Morgan fingerprint density at radius 3 is 2.65 bits per heavy atom. The molecule has 0 radical (unpaired) electrons. The van der Waals surface area contributed by atoms with Crippen molar-refractivity contribution in [3.05, 3.63) is 23.8 Å². The van der Waals surface area contributed by atoms with E-state index in [0.29, 0.717) is 0 Å². The molecule has 0 bridgehead atoms. The maximum absolute atomic E-state index is 12.2. The Morgan fingerprint density at radius 1 is 1.22 bits per heavy atom. The highest BCUT2D eigenvalue weighted by molar-refractivity contribution is 8.00. The van der Waals surface area contributed by atoms with Crippen molar-refractivity contribution in [2.24, 2.45) is 5.92 Å². The van der Waals surface area contributed by atoms with E-state index in [-0.39, 0.29) is 24.2 Å². The van der Waals surface area contributed by atoms with Crippen LogP contribution in [-0.2, 0) is 4.79 Å². The quantitative estimate of drug-likeness (QED) is 0.842. The van der Waals surface area contributed by atoms with Gasteiger partial charge in [-0.05, 0) is 56.5 Å². The molecule has 1 aliphatic heterocycles. The molecule has 128 valence electrons. The molecule has 2 fully saturated rings. The molecular weight excluding hydrogens is 328 g/mol. The normalized spacial score (nSPS) is 21.7. The molecule has 1 aromatic rings. The summed E-state index contributed by atoms with van der Waals surface area (Å²) in [5.41, 5.74) is 2.13. The van der Waals surface area contributed by atoms with Gasteiger partial charge in [-0.3, -0.25) is 4.79 Å². The van der Waals surface area contributed by atoms with Crippen molar-refractivity contribution in [2.75, 3.05) is 18.4 Å². The van der Waals surface area contributed by atoms with Crippen LogP contribution in [0.25, 0.3) is 0 Å². The van der Waals surface area contributed by atoms with Crippen LogP contribution in [0.15, 0.2) is 23.1 Å². The molecule has 0 aromatic heterocycles. The number of rotatable bonds is 4. The second-order valence-electron chi connectivity index (χ2n) is 6.53. The van der Waals surface area contributed by atoms with Crippen LogP contribution in [0.3, 0.4) is 0 Å². The lowest BCUT2D eigenvalue weighted by molar-refractivity contribution is -0.119. The Balaban J connectivity index is 0.00000192. The summed E-state index contributed by atoms with van der Waals surface area (Å²) in [4.78, 5) is 13.6. The maximum atomic E-state index is 12.2. The first kappa shape index (κ1) is 18.6. The predicted molar refractivity (Wildman–Crippen MR) is 101 cm³/mol. The fourth-order valence-corrected chi connectivity index (χ4v) is 4.68. The summed E-state index contributed by atoms with van der Waals surface area (Å²) in [6.07, 6.45) is 7.78. The first-order valence-corrected chi connectivity index (χ1v) is 9.39. The van der Waals surface area contributed by atoms with E-state index in [1.807, 2.05) is 11.8 Å². The zero-order valence-corrected chi connectivity index (χ0v) is 15.4. The molecule has 2 N–H and O–H groups in total. The van der Waals surface area contributed by atoms with E-state index in [1.165, 1.54) is 42.6 Å². The number of carbonyl (C=O) groups is 1. The molecule has 1 aliphatic carbocycles. The largest absolute Gasteiger partial charge is 0.326 e. The van der Waals surface area contributed by atoms with Gasteiger partial charge in [-0.2, -0.15) is 0 Å². The van der Waals surface area contributed by atoms with Crippen LogP contribution in [0.2, 0.25) is 0 Å². The second-order valence-corrected chi connectivity index (χ2v) is 7.91. The molecule has 1 saturated carbocycles. The van der Waals surface area contributed by atoms with Crippen LogP contribution >= 0.6 is 24.2 Å². The summed E-state index contributed by atoms with van der Waals surface area (Å²) in [6.45, 7) is 3.85. The lowest BCUT2D eigenvalue weighted by Gasteiger charge is -2.21. The van der Waals surface area contributed by atoms with Crippen LogP contribution in [0.4, 0.5) is 5.69 Å². The Kier molecular flexibility index (Phi) is 7.25. The van der Waals surface area contributed by atoms with E-state index in [0.717, 1.165) is 30.4 Å². The number of aryl methyl sites for hydroxylation is 1. The van der Waals surface area contributed by atoms with Crippen molar-refractivity contribution in [3.8, 4) is 0 Å². The first-order chi connectivity index (χ1) is 10.7. The standard InChI is InChI=1S/C18H26N2OS.ClH/c1-13-11-16(22-15-5-3-2-4-6-15)7-8-17(13)20-18(21)14-9-10-19-12-14;/h7-8,11,14-15,19H,2-6,9-10,12H2,1H3,(H,20,21);1H. The van der Waals surface area contributed by atoms with Gasteiger partial charge in [-0.15, -0.1) is 24.2 Å². The number of carbonyl (C=O) groups excluding carboxylic acids is 1. The third-order valence-electron chi connectivity index (χ3n) is 4.74. The lowest BCUT2D eigenvalue weighted by Crippen LogP contribution is -2.24. The minimum atomic E-state index is 0. The molecule has 3 rings (SSSR count). The van der Waals surface area contributed by atoms with Gasteiger partial charge in [0.1, 0.15) is 0 Å². The highest BCUT2D eigenvalue weighted by Crippen LogP contribution is 2.35. The van der Waals surface area contributed by atoms with Crippen LogP contribution in [0.5, 0.6) is 0 Å². The number of nitrogens with one attached hydrogen (secondary N) is 2. The summed E-state index contributed by atoms with van der Waals surface area (Å²) in [7, 11) is 0. The van der Waals surface area contributed by atoms with Crippen LogP contribution in [0, 0.1) is 12.8 Å². The lowest BCUT2D eigenvalue weighted by atomic mass is 10.0. The van der Waals surface area contributed by atoms with Gasteiger partial charge in [0, 0.05) is 22.4 Å². The van der Waals surface area contributed by atoms with Crippen molar-refractivity contribution in [1.29, 1.82) is 0 Å². The summed E-state index contributed by atoms with van der Waals surface area (Å²) in [5, 5.41) is 7.11. The van der Waals surface area contributed by atoms with Crippen LogP contribution < -0.4 is 10.6 Å². The summed E-state index contributed by atoms with van der Waals surface area (Å²) in [5.74, 6) is 0.275.